The summed E-state index contributed by atoms with van der Waals surface area (Å²) >= 11 is 7.10. The van der Waals surface area contributed by atoms with Gasteiger partial charge in [0.25, 0.3) is 5.91 Å². The second-order valence-corrected chi connectivity index (χ2v) is 4.90. The second kappa shape index (κ2) is 5.02. The molecule has 2 aromatic rings. The summed E-state index contributed by atoms with van der Waals surface area (Å²) in [5, 5.41) is 6.68. The Morgan fingerprint density at radius 1 is 1.32 bits per heavy atom. The Morgan fingerprint density at radius 2 is 2.05 bits per heavy atom. The summed E-state index contributed by atoms with van der Waals surface area (Å²) in [5.74, 6) is 0.829. The molecule has 2 heterocycles. The normalized spacial score (nSPS) is 13.1. The van der Waals surface area contributed by atoms with Gasteiger partial charge in [0.2, 0.25) is 0 Å². The molecule has 0 radical (unpaired) electrons. The number of nitrogens with zero attached hydrogens (tertiary/aromatic N) is 2. The lowest BCUT2D eigenvalue weighted by molar-refractivity contribution is 0.103. The van der Waals surface area contributed by atoms with E-state index in [1.165, 1.54) is 6.20 Å². The number of hydrogen-bond acceptors (Lipinski definition) is 6. The lowest BCUT2D eigenvalue weighted by Gasteiger charge is -2.19. The van der Waals surface area contributed by atoms with Crippen LogP contribution in [0.2, 0.25) is 5.02 Å². The van der Waals surface area contributed by atoms with E-state index in [9.17, 15) is 4.79 Å². The zero-order valence-corrected chi connectivity index (χ0v) is 11.1. The van der Waals surface area contributed by atoms with Crippen LogP contribution < -0.4 is 14.8 Å². The van der Waals surface area contributed by atoms with Crippen molar-refractivity contribution in [1.29, 1.82) is 0 Å². The SMILES string of the molecule is O=C(Nc1cc2c(cc1Cl)OCCO2)c1cnns1. The Morgan fingerprint density at radius 3 is 2.74 bits per heavy atom. The summed E-state index contributed by atoms with van der Waals surface area (Å²) in [5.41, 5.74) is 0.462. The second-order valence-electron chi connectivity index (χ2n) is 3.71. The minimum Gasteiger partial charge on any atom is -0.486 e. The molecular weight excluding hydrogens is 290 g/mol. The van der Waals surface area contributed by atoms with E-state index in [2.05, 4.69) is 14.9 Å². The molecule has 0 aliphatic carbocycles. The van der Waals surface area contributed by atoms with E-state index in [4.69, 9.17) is 21.1 Å². The van der Waals surface area contributed by atoms with Gasteiger partial charge in [0.1, 0.15) is 18.1 Å². The number of nitrogens with one attached hydrogen (secondary N) is 1. The molecule has 6 nitrogen and oxygen atoms in total. The van der Waals surface area contributed by atoms with Crippen LogP contribution in [0.3, 0.4) is 0 Å². The van der Waals surface area contributed by atoms with Crippen LogP contribution in [0.15, 0.2) is 18.3 Å². The van der Waals surface area contributed by atoms with Gasteiger partial charge in [-0.25, -0.2) is 0 Å². The van der Waals surface area contributed by atoms with Crippen molar-refractivity contribution in [3.8, 4) is 11.5 Å². The molecule has 0 unspecified atom stereocenters. The molecule has 3 rings (SSSR count). The third kappa shape index (κ3) is 2.47. The Labute approximate surface area is 117 Å². The number of benzene rings is 1. The third-order valence-electron chi connectivity index (χ3n) is 2.47. The predicted molar refractivity (Wildman–Crippen MR) is 70.3 cm³/mol. The molecule has 1 aromatic carbocycles. The van der Waals surface area contributed by atoms with Gasteiger partial charge in [0.15, 0.2) is 11.5 Å². The predicted octanol–water partition coefficient (Wildman–Crippen LogP) is 2.21. The third-order valence-corrected chi connectivity index (χ3v) is 3.44. The highest BCUT2D eigenvalue weighted by Crippen LogP contribution is 2.38. The average molecular weight is 298 g/mol. The largest absolute Gasteiger partial charge is 0.486 e. The van der Waals surface area contributed by atoms with Crippen molar-refractivity contribution in [3.05, 3.63) is 28.2 Å². The number of anilines is 1. The van der Waals surface area contributed by atoms with Crippen LogP contribution in [-0.2, 0) is 0 Å². The van der Waals surface area contributed by atoms with Crippen LogP contribution in [0.25, 0.3) is 0 Å². The lowest BCUT2D eigenvalue weighted by Crippen LogP contribution is -2.16. The number of ether oxygens (including phenoxy) is 2. The van der Waals surface area contributed by atoms with Crippen molar-refractivity contribution in [3.63, 3.8) is 0 Å². The minimum atomic E-state index is -0.312. The van der Waals surface area contributed by atoms with Crippen molar-refractivity contribution < 1.29 is 14.3 Å². The van der Waals surface area contributed by atoms with Crippen molar-refractivity contribution in [2.75, 3.05) is 18.5 Å². The maximum atomic E-state index is 11.9. The van der Waals surface area contributed by atoms with Crippen LogP contribution >= 0.6 is 23.1 Å². The van der Waals surface area contributed by atoms with Gasteiger partial charge >= 0.3 is 0 Å². The fourth-order valence-corrected chi connectivity index (χ4v) is 2.22. The highest BCUT2D eigenvalue weighted by atomic mass is 35.5. The van der Waals surface area contributed by atoms with Crippen molar-refractivity contribution in [2.45, 2.75) is 0 Å². The number of carbonyl (C=O) groups excluding carboxylic acids is 1. The van der Waals surface area contributed by atoms with Crippen LogP contribution in [-0.4, -0.2) is 28.7 Å². The first-order chi connectivity index (χ1) is 9.24. The van der Waals surface area contributed by atoms with E-state index in [1.54, 1.807) is 12.1 Å². The zero-order valence-electron chi connectivity index (χ0n) is 9.55. The molecule has 0 atom stereocenters. The summed E-state index contributed by atoms with van der Waals surface area (Å²) in [6, 6.07) is 3.26. The van der Waals surface area contributed by atoms with Gasteiger partial charge in [-0.15, -0.1) is 5.10 Å². The molecule has 1 amide bonds. The van der Waals surface area contributed by atoms with Crippen LogP contribution in [0.4, 0.5) is 5.69 Å². The summed E-state index contributed by atoms with van der Waals surface area (Å²) in [4.78, 5) is 12.3. The molecule has 1 aliphatic heterocycles. The van der Waals surface area contributed by atoms with Crippen molar-refractivity contribution in [2.24, 2.45) is 0 Å². The fraction of sp³-hybridized carbons (Fsp3) is 0.182. The number of carbonyl (C=O) groups is 1. The number of fused-ring (bicyclic) bond motifs is 1. The Balaban J connectivity index is 1.87. The number of aromatic nitrogens is 2. The summed E-state index contributed by atoms with van der Waals surface area (Å²) in [6.07, 6.45) is 1.39. The molecule has 19 heavy (non-hydrogen) atoms. The lowest BCUT2D eigenvalue weighted by atomic mass is 10.2. The standard InChI is InChI=1S/C11H8ClN3O3S/c12-6-3-8-9(18-2-1-17-8)4-7(6)14-11(16)10-5-13-15-19-10/h3-5H,1-2H2,(H,14,16). The molecule has 0 bridgehead atoms. The van der Waals surface area contributed by atoms with Crippen molar-refractivity contribution >= 4 is 34.7 Å². The number of hydrogen-bond donors (Lipinski definition) is 1. The first kappa shape index (κ1) is 12.2. The Bertz CT molecular complexity index is 618. The molecule has 1 aliphatic rings. The van der Waals surface area contributed by atoms with Crippen molar-refractivity contribution in [1.82, 2.24) is 9.59 Å². The van der Waals surface area contributed by atoms with Gasteiger partial charge in [-0.2, -0.15) is 0 Å². The van der Waals surface area contributed by atoms with E-state index < -0.39 is 0 Å². The molecule has 0 fully saturated rings. The van der Waals surface area contributed by atoms with E-state index in [0.29, 0.717) is 40.3 Å². The topological polar surface area (TPSA) is 73.3 Å². The molecule has 1 N–H and O–H groups in total. The van der Waals surface area contributed by atoms with Gasteiger partial charge in [-0.1, -0.05) is 16.1 Å². The molecule has 0 spiro atoms. The van der Waals surface area contributed by atoms with Gasteiger partial charge < -0.3 is 14.8 Å². The molecule has 0 saturated heterocycles. The highest BCUT2D eigenvalue weighted by Gasteiger charge is 2.17. The Kier molecular flexibility index (Phi) is 3.22. The fourth-order valence-electron chi connectivity index (χ4n) is 1.61. The highest BCUT2D eigenvalue weighted by molar-refractivity contribution is 7.07. The van der Waals surface area contributed by atoms with E-state index in [-0.39, 0.29) is 5.91 Å². The van der Waals surface area contributed by atoms with Gasteiger partial charge in [0, 0.05) is 12.1 Å². The first-order valence-corrected chi connectivity index (χ1v) is 6.57. The summed E-state index contributed by atoms with van der Waals surface area (Å²) in [7, 11) is 0. The number of halogens is 1. The van der Waals surface area contributed by atoms with E-state index >= 15 is 0 Å². The molecule has 98 valence electrons. The minimum absolute atomic E-state index is 0.312. The van der Waals surface area contributed by atoms with Crippen LogP contribution in [0.1, 0.15) is 9.67 Å². The molecule has 1 aromatic heterocycles. The van der Waals surface area contributed by atoms with Crippen LogP contribution in [0, 0.1) is 0 Å². The molecule has 8 heteroatoms. The van der Waals surface area contributed by atoms with E-state index in [0.717, 1.165) is 11.5 Å². The van der Waals surface area contributed by atoms with E-state index in [1.807, 2.05) is 0 Å². The van der Waals surface area contributed by atoms with Crippen LogP contribution in [0.5, 0.6) is 11.5 Å². The quantitative estimate of drug-likeness (QED) is 0.920. The summed E-state index contributed by atoms with van der Waals surface area (Å²) < 4.78 is 14.5. The molecule has 0 saturated carbocycles. The first-order valence-electron chi connectivity index (χ1n) is 5.42. The zero-order chi connectivity index (χ0) is 13.2. The van der Waals surface area contributed by atoms with Gasteiger partial charge in [-0.05, 0) is 11.5 Å². The number of rotatable bonds is 2. The average Bonchev–Trinajstić information content (AvgIpc) is 2.93. The van der Waals surface area contributed by atoms with Gasteiger partial charge in [0.05, 0.1) is 16.9 Å². The smallest absolute Gasteiger partial charge is 0.269 e. The Hall–Kier alpha value is -1.86. The maximum absolute atomic E-state index is 11.9. The van der Waals surface area contributed by atoms with Gasteiger partial charge in [-0.3, -0.25) is 4.79 Å². The summed E-state index contributed by atoms with van der Waals surface area (Å²) in [6.45, 7) is 0.961. The number of amides is 1. The molecular formula is C11H8ClN3O3S. The monoisotopic (exact) mass is 297 g/mol. The maximum Gasteiger partial charge on any atom is 0.269 e.